The van der Waals surface area contributed by atoms with Gasteiger partial charge in [0.1, 0.15) is 0 Å². The zero-order chi connectivity index (χ0) is 15.2. The minimum atomic E-state index is 0.511. The van der Waals surface area contributed by atoms with Gasteiger partial charge in [-0.15, -0.1) is 10.2 Å². The van der Waals surface area contributed by atoms with Crippen molar-refractivity contribution in [3.8, 4) is 11.5 Å². The Morgan fingerprint density at radius 3 is 2.50 bits per heavy atom. The lowest BCUT2D eigenvalue weighted by molar-refractivity contribution is 0.478. The Morgan fingerprint density at radius 2 is 1.73 bits per heavy atom. The van der Waals surface area contributed by atoms with E-state index in [-0.39, 0.29) is 0 Å². The third kappa shape index (κ3) is 3.93. The molecule has 22 heavy (non-hydrogen) atoms. The van der Waals surface area contributed by atoms with Crippen LogP contribution in [0.2, 0.25) is 5.02 Å². The summed E-state index contributed by atoms with van der Waals surface area (Å²) in [6, 6.07) is 17.7. The average molecular weight is 314 g/mol. The van der Waals surface area contributed by atoms with Gasteiger partial charge in [-0.3, -0.25) is 0 Å². The Hall–Kier alpha value is -2.17. The highest BCUT2D eigenvalue weighted by atomic mass is 35.5. The average Bonchev–Trinajstić information content (AvgIpc) is 3.02. The van der Waals surface area contributed by atoms with Crippen LogP contribution in [0.3, 0.4) is 0 Å². The minimum Gasteiger partial charge on any atom is -0.419 e. The van der Waals surface area contributed by atoms with Crippen LogP contribution < -0.4 is 5.32 Å². The quantitative estimate of drug-likeness (QED) is 0.705. The Morgan fingerprint density at radius 1 is 0.955 bits per heavy atom. The van der Waals surface area contributed by atoms with Crippen LogP contribution in [0.1, 0.15) is 11.5 Å². The van der Waals surface area contributed by atoms with Gasteiger partial charge in [-0.25, -0.2) is 0 Å². The fourth-order valence-corrected chi connectivity index (χ4v) is 2.23. The van der Waals surface area contributed by atoms with Gasteiger partial charge in [-0.2, -0.15) is 0 Å². The summed E-state index contributed by atoms with van der Waals surface area (Å²) >= 11 is 5.86. The van der Waals surface area contributed by atoms with Crippen LogP contribution in [0, 0.1) is 0 Å². The van der Waals surface area contributed by atoms with Gasteiger partial charge in [-0.05, 0) is 42.8 Å². The van der Waals surface area contributed by atoms with E-state index in [0.717, 1.165) is 18.5 Å². The van der Waals surface area contributed by atoms with E-state index in [4.69, 9.17) is 16.0 Å². The van der Waals surface area contributed by atoms with E-state index in [1.807, 2.05) is 30.3 Å². The summed E-state index contributed by atoms with van der Waals surface area (Å²) < 4.78 is 5.63. The van der Waals surface area contributed by atoms with E-state index >= 15 is 0 Å². The number of halogens is 1. The highest BCUT2D eigenvalue weighted by molar-refractivity contribution is 6.30. The Kier molecular flexibility index (Phi) is 4.83. The molecule has 0 unspecified atom stereocenters. The summed E-state index contributed by atoms with van der Waals surface area (Å²) in [5.74, 6) is 1.09. The molecule has 0 saturated heterocycles. The molecule has 5 heteroatoms. The molecule has 1 aromatic heterocycles. The van der Waals surface area contributed by atoms with E-state index in [2.05, 4.69) is 27.6 Å². The number of rotatable bonds is 6. The highest BCUT2D eigenvalue weighted by Gasteiger charge is 2.07. The van der Waals surface area contributed by atoms with Crippen molar-refractivity contribution in [1.82, 2.24) is 15.5 Å². The lowest BCUT2D eigenvalue weighted by Crippen LogP contribution is -2.16. The van der Waals surface area contributed by atoms with E-state index in [1.165, 1.54) is 5.56 Å². The van der Waals surface area contributed by atoms with Gasteiger partial charge in [0, 0.05) is 10.6 Å². The van der Waals surface area contributed by atoms with Crippen molar-refractivity contribution in [2.24, 2.45) is 0 Å². The molecule has 0 saturated carbocycles. The van der Waals surface area contributed by atoms with Crippen LogP contribution in [0.5, 0.6) is 0 Å². The molecular formula is C17H16ClN3O. The first-order chi connectivity index (χ1) is 10.8. The molecule has 1 N–H and O–H groups in total. The van der Waals surface area contributed by atoms with Gasteiger partial charge in [0.2, 0.25) is 11.8 Å². The molecule has 0 fully saturated rings. The van der Waals surface area contributed by atoms with Crippen LogP contribution in [0.25, 0.3) is 11.5 Å². The van der Waals surface area contributed by atoms with E-state index in [1.54, 1.807) is 12.1 Å². The van der Waals surface area contributed by atoms with E-state index < -0.39 is 0 Å². The molecule has 0 aliphatic carbocycles. The van der Waals surface area contributed by atoms with Crippen molar-refractivity contribution in [1.29, 1.82) is 0 Å². The fourth-order valence-electron chi connectivity index (χ4n) is 2.11. The number of hydrogen-bond acceptors (Lipinski definition) is 4. The number of benzene rings is 2. The van der Waals surface area contributed by atoms with Gasteiger partial charge >= 0.3 is 0 Å². The SMILES string of the molecule is Clc1ccc(-c2nnc(CNCCc3ccccc3)o2)cc1. The number of hydrogen-bond donors (Lipinski definition) is 1. The van der Waals surface area contributed by atoms with E-state index in [9.17, 15) is 0 Å². The summed E-state index contributed by atoms with van der Waals surface area (Å²) in [7, 11) is 0. The molecule has 3 rings (SSSR count). The van der Waals surface area contributed by atoms with Crippen LogP contribution in [0.4, 0.5) is 0 Å². The minimum absolute atomic E-state index is 0.511. The largest absolute Gasteiger partial charge is 0.419 e. The van der Waals surface area contributed by atoms with Gasteiger partial charge in [0.15, 0.2) is 0 Å². The monoisotopic (exact) mass is 313 g/mol. The number of nitrogens with zero attached hydrogens (tertiary/aromatic N) is 2. The summed E-state index contributed by atoms with van der Waals surface area (Å²) in [5, 5.41) is 12.1. The summed E-state index contributed by atoms with van der Waals surface area (Å²) in [5.41, 5.74) is 2.18. The third-order valence-corrected chi connectivity index (χ3v) is 3.52. The second-order valence-corrected chi connectivity index (χ2v) is 5.36. The van der Waals surface area contributed by atoms with Gasteiger partial charge in [0.25, 0.3) is 0 Å². The zero-order valence-electron chi connectivity index (χ0n) is 12.0. The molecule has 0 bridgehead atoms. The third-order valence-electron chi connectivity index (χ3n) is 3.27. The molecule has 0 aliphatic rings. The Labute approximate surface area is 134 Å². The smallest absolute Gasteiger partial charge is 0.247 e. The van der Waals surface area contributed by atoms with Crippen LogP contribution in [0.15, 0.2) is 59.0 Å². The van der Waals surface area contributed by atoms with Gasteiger partial charge in [-0.1, -0.05) is 41.9 Å². The Balaban J connectivity index is 1.50. The molecule has 4 nitrogen and oxygen atoms in total. The predicted octanol–water partition coefficient (Wildman–Crippen LogP) is 3.72. The van der Waals surface area contributed by atoms with Gasteiger partial charge < -0.3 is 9.73 Å². The standard InChI is InChI=1S/C17H16ClN3O/c18-15-8-6-14(7-9-15)17-21-20-16(22-17)12-19-11-10-13-4-2-1-3-5-13/h1-9,19H,10-12H2. The second-order valence-electron chi connectivity index (χ2n) is 4.92. The molecule has 3 aromatic rings. The summed E-state index contributed by atoms with van der Waals surface area (Å²) in [6.45, 7) is 1.43. The van der Waals surface area contributed by atoms with Crippen LogP contribution in [-0.2, 0) is 13.0 Å². The molecule has 0 atom stereocenters. The molecule has 0 radical (unpaired) electrons. The van der Waals surface area contributed by atoms with E-state index in [0.29, 0.717) is 23.3 Å². The predicted molar refractivity (Wildman–Crippen MR) is 86.6 cm³/mol. The fraction of sp³-hybridized carbons (Fsp3) is 0.176. The van der Waals surface area contributed by atoms with Crippen LogP contribution >= 0.6 is 11.6 Å². The normalized spacial score (nSPS) is 10.8. The molecule has 1 heterocycles. The summed E-state index contributed by atoms with van der Waals surface area (Å²) in [6.07, 6.45) is 0.971. The maximum Gasteiger partial charge on any atom is 0.247 e. The maximum atomic E-state index is 5.86. The first-order valence-electron chi connectivity index (χ1n) is 7.14. The lowest BCUT2D eigenvalue weighted by Gasteiger charge is -2.02. The number of aromatic nitrogens is 2. The Bertz CT molecular complexity index is 710. The first kappa shape index (κ1) is 14.8. The van der Waals surface area contributed by atoms with Gasteiger partial charge in [0.05, 0.1) is 6.54 Å². The van der Waals surface area contributed by atoms with Crippen molar-refractivity contribution in [2.75, 3.05) is 6.54 Å². The van der Waals surface area contributed by atoms with Crippen molar-refractivity contribution in [3.05, 3.63) is 71.1 Å². The number of nitrogens with one attached hydrogen (secondary N) is 1. The highest BCUT2D eigenvalue weighted by Crippen LogP contribution is 2.20. The van der Waals surface area contributed by atoms with Crippen molar-refractivity contribution in [3.63, 3.8) is 0 Å². The maximum absolute atomic E-state index is 5.86. The molecule has 2 aromatic carbocycles. The van der Waals surface area contributed by atoms with Crippen molar-refractivity contribution >= 4 is 11.6 Å². The molecule has 0 amide bonds. The second kappa shape index (κ2) is 7.20. The van der Waals surface area contributed by atoms with Crippen LogP contribution in [-0.4, -0.2) is 16.7 Å². The topological polar surface area (TPSA) is 51.0 Å². The summed E-state index contributed by atoms with van der Waals surface area (Å²) in [4.78, 5) is 0. The van der Waals surface area contributed by atoms with Crippen molar-refractivity contribution in [2.45, 2.75) is 13.0 Å². The lowest BCUT2D eigenvalue weighted by atomic mass is 10.1. The van der Waals surface area contributed by atoms with Crippen molar-refractivity contribution < 1.29 is 4.42 Å². The first-order valence-corrected chi connectivity index (χ1v) is 7.52. The molecular weight excluding hydrogens is 298 g/mol. The molecule has 112 valence electrons. The zero-order valence-corrected chi connectivity index (χ0v) is 12.8. The molecule has 0 spiro atoms. The molecule has 0 aliphatic heterocycles.